The minimum absolute atomic E-state index is 0.0133. The van der Waals surface area contributed by atoms with Gasteiger partial charge in [-0.05, 0) is 12.5 Å². The van der Waals surface area contributed by atoms with Gasteiger partial charge < -0.3 is 20.3 Å². The van der Waals surface area contributed by atoms with Crippen molar-refractivity contribution in [2.45, 2.75) is 18.9 Å². The van der Waals surface area contributed by atoms with Crippen LogP contribution < -0.4 is 15.2 Å². The third-order valence-electron chi connectivity index (χ3n) is 2.57. The Balaban J connectivity index is 2.21. The van der Waals surface area contributed by atoms with Crippen molar-refractivity contribution in [3.63, 3.8) is 0 Å². The smallest absolute Gasteiger partial charge is 0.303 e. The zero-order chi connectivity index (χ0) is 12.4. The number of fused-ring (bicyclic) bond motifs is 1. The molecule has 17 heavy (non-hydrogen) atoms. The molecule has 2 rings (SSSR count). The van der Waals surface area contributed by atoms with Crippen LogP contribution in [-0.2, 0) is 4.79 Å². The van der Waals surface area contributed by atoms with Gasteiger partial charge in [-0.1, -0.05) is 17.7 Å². The molecular weight excluding hydrogens is 246 g/mol. The molecule has 6 heteroatoms. The van der Waals surface area contributed by atoms with E-state index in [0.717, 1.165) is 5.56 Å². The Morgan fingerprint density at radius 2 is 2.18 bits per heavy atom. The minimum atomic E-state index is -0.872. The van der Waals surface area contributed by atoms with E-state index in [1.54, 1.807) is 12.1 Å². The molecule has 1 aromatic rings. The third-order valence-corrected chi connectivity index (χ3v) is 2.87. The number of benzene rings is 1. The molecule has 0 bridgehead atoms. The molecule has 5 nitrogen and oxygen atoms in total. The van der Waals surface area contributed by atoms with Crippen molar-refractivity contribution in [1.82, 2.24) is 0 Å². The van der Waals surface area contributed by atoms with Crippen LogP contribution in [-0.4, -0.2) is 17.9 Å². The number of carboxylic acid groups (broad SMARTS) is 1. The van der Waals surface area contributed by atoms with E-state index in [1.807, 2.05) is 0 Å². The summed E-state index contributed by atoms with van der Waals surface area (Å²) in [7, 11) is 0. The molecule has 3 N–H and O–H groups in total. The normalized spacial score (nSPS) is 14.7. The van der Waals surface area contributed by atoms with E-state index in [2.05, 4.69) is 0 Å². The van der Waals surface area contributed by atoms with E-state index in [1.165, 1.54) is 0 Å². The van der Waals surface area contributed by atoms with Crippen molar-refractivity contribution in [3.05, 3.63) is 22.7 Å². The first-order chi connectivity index (χ1) is 8.09. The number of nitrogens with two attached hydrogens (primary N) is 1. The van der Waals surface area contributed by atoms with Crippen LogP contribution in [0.25, 0.3) is 0 Å². The van der Waals surface area contributed by atoms with Crippen molar-refractivity contribution in [1.29, 1.82) is 0 Å². The van der Waals surface area contributed by atoms with Crippen LogP contribution in [0.3, 0.4) is 0 Å². The van der Waals surface area contributed by atoms with E-state index >= 15 is 0 Å². The fourth-order valence-corrected chi connectivity index (χ4v) is 1.91. The van der Waals surface area contributed by atoms with E-state index in [4.69, 9.17) is 31.9 Å². The molecule has 0 saturated carbocycles. The molecule has 1 unspecified atom stereocenters. The highest BCUT2D eigenvalue weighted by atomic mass is 35.5. The maximum absolute atomic E-state index is 10.5. The summed E-state index contributed by atoms with van der Waals surface area (Å²) in [6.07, 6.45) is 0.353. The second-order valence-corrected chi connectivity index (χ2v) is 4.15. The molecule has 0 spiro atoms. The van der Waals surface area contributed by atoms with Crippen LogP contribution in [0.5, 0.6) is 11.5 Å². The van der Waals surface area contributed by atoms with Gasteiger partial charge in [-0.2, -0.15) is 0 Å². The van der Waals surface area contributed by atoms with Gasteiger partial charge in [-0.25, -0.2) is 0 Å². The van der Waals surface area contributed by atoms with Crippen LogP contribution in [0, 0.1) is 0 Å². The van der Waals surface area contributed by atoms with Gasteiger partial charge in [0.05, 0.1) is 5.02 Å². The van der Waals surface area contributed by atoms with Gasteiger partial charge in [0.25, 0.3) is 0 Å². The summed E-state index contributed by atoms with van der Waals surface area (Å²) in [5, 5.41) is 9.08. The lowest BCUT2D eigenvalue weighted by atomic mass is 10.0. The number of hydrogen-bond acceptors (Lipinski definition) is 4. The largest absolute Gasteiger partial charge is 0.481 e. The second kappa shape index (κ2) is 4.81. The SMILES string of the molecule is NC(CCC(=O)O)c1ccc(Cl)c2c1OCO2. The minimum Gasteiger partial charge on any atom is -0.481 e. The predicted molar refractivity (Wildman–Crippen MR) is 61.4 cm³/mol. The van der Waals surface area contributed by atoms with Gasteiger partial charge in [-0.15, -0.1) is 0 Å². The summed E-state index contributed by atoms with van der Waals surface area (Å²) in [6, 6.07) is 3.01. The van der Waals surface area contributed by atoms with Gasteiger partial charge in [0.2, 0.25) is 6.79 Å². The molecule has 1 atom stereocenters. The van der Waals surface area contributed by atoms with Crippen molar-refractivity contribution < 1.29 is 19.4 Å². The van der Waals surface area contributed by atoms with Gasteiger partial charge in [-0.3, -0.25) is 4.79 Å². The lowest BCUT2D eigenvalue weighted by Gasteiger charge is -2.13. The molecule has 1 aliphatic rings. The van der Waals surface area contributed by atoms with Crippen LogP contribution in [0.4, 0.5) is 0 Å². The van der Waals surface area contributed by atoms with E-state index < -0.39 is 12.0 Å². The van der Waals surface area contributed by atoms with Gasteiger partial charge >= 0.3 is 5.97 Å². The zero-order valence-corrected chi connectivity index (χ0v) is 9.74. The predicted octanol–water partition coefficient (Wildman–Crippen LogP) is 1.93. The quantitative estimate of drug-likeness (QED) is 0.861. The average molecular weight is 258 g/mol. The molecule has 1 aliphatic heterocycles. The first-order valence-corrected chi connectivity index (χ1v) is 5.52. The Morgan fingerprint density at radius 1 is 1.47 bits per heavy atom. The van der Waals surface area contributed by atoms with Crippen LogP contribution >= 0.6 is 11.6 Å². The molecule has 1 heterocycles. The summed E-state index contributed by atoms with van der Waals surface area (Å²) < 4.78 is 10.5. The maximum atomic E-state index is 10.5. The fourth-order valence-electron chi connectivity index (χ4n) is 1.71. The monoisotopic (exact) mass is 257 g/mol. The van der Waals surface area contributed by atoms with Crippen molar-refractivity contribution in [3.8, 4) is 11.5 Å². The molecule has 0 aliphatic carbocycles. The van der Waals surface area contributed by atoms with Crippen LogP contribution in [0.2, 0.25) is 5.02 Å². The highest BCUT2D eigenvalue weighted by Gasteiger charge is 2.24. The van der Waals surface area contributed by atoms with Gasteiger partial charge in [0.1, 0.15) is 0 Å². The first-order valence-electron chi connectivity index (χ1n) is 5.15. The summed E-state index contributed by atoms with van der Waals surface area (Å²) in [5.74, 6) is 0.133. The van der Waals surface area contributed by atoms with Crippen molar-refractivity contribution in [2.24, 2.45) is 5.73 Å². The number of hydrogen-bond donors (Lipinski definition) is 2. The summed E-state index contributed by atoms with van der Waals surface area (Å²) in [5.41, 5.74) is 6.65. The van der Waals surface area contributed by atoms with E-state index in [0.29, 0.717) is 22.9 Å². The van der Waals surface area contributed by atoms with Crippen molar-refractivity contribution >= 4 is 17.6 Å². The Hall–Kier alpha value is -1.46. The van der Waals surface area contributed by atoms with E-state index in [9.17, 15) is 4.79 Å². The standard InChI is InChI=1S/C11H12ClNO4/c12-7-2-1-6(8(13)3-4-9(14)15)10-11(7)17-5-16-10/h1-2,8H,3-5,13H2,(H,14,15). The molecule has 0 aromatic heterocycles. The number of halogens is 1. The Bertz CT molecular complexity index is 449. The molecule has 0 saturated heterocycles. The lowest BCUT2D eigenvalue weighted by Crippen LogP contribution is -2.13. The summed E-state index contributed by atoms with van der Waals surface area (Å²) in [4.78, 5) is 10.5. The highest BCUT2D eigenvalue weighted by molar-refractivity contribution is 6.32. The average Bonchev–Trinajstić information content (AvgIpc) is 2.76. The van der Waals surface area contributed by atoms with E-state index in [-0.39, 0.29) is 13.2 Å². The molecule has 0 fully saturated rings. The summed E-state index contributed by atoms with van der Waals surface area (Å²) in [6.45, 7) is 0.109. The zero-order valence-electron chi connectivity index (χ0n) is 8.98. The lowest BCUT2D eigenvalue weighted by molar-refractivity contribution is -0.137. The molecule has 1 aromatic carbocycles. The number of ether oxygens (including phenoxy) is 2. The maximum Gasteiger partial charge on any atom is 0.303 e. The molecule has 92 valence electrons. The Kier molecular flexibility index (Phi) is 3.40. The van der Waals surface area contributed by atoms with Gasteiger partial charge in [0, 0.05) is 18.0 Å². The van der Waals surface area contributed by atoms with Crippen LogP contribution in [0.1, 0.15) is 24.4 Å². The van der Waals surface area contributed by atoms with Crippen molar-refractivity contribution in [2.75, 3.05) is 6.79 Å². The topological polar surface area (TPSA) is 81.8 Å². The molecular formula is C11H12ClNO4. The Morgan fingerprint density at radius 3 is 2.88 bits per heavy atom. The molecule has 0 radical (unpaired) electrons. The van der Waals surface area contributed by atoms with Gasteiger partial charge in [0.15, 0.2) is 11.5 Å². The second-order valence-electron chi connectivity index (χ2n) is 3.74. The molecule has 0 amide bonds. The third kappa shape index (κ3) is 2.45. The summed E-state index contributed by atoms with van der Waals surface area (Å²) >= 11 is 5.93. The highest BCUT2D eigenvalue weighted by Crippen LogP contribution is 2.43. The number of carbonyl (C=O) groups is 1. The number of rotatable bonds is 4. The van der Waals surface area contributed by atoms with Crippen LogP contribution in [0.15, 0.2) is 12.1 Å². The number of carboxylic acids is 1. The fraction of sp³-hybridized carbons (Fsp3) is 0.364. The first kappa shape index (κ1) is 12.0. The number of aliphatic carboxylic acids is 1. The Labute approximate surface area is 103 Å².